The quantitative estimate of drug-likeness (QED) is 0.632. The van der Waals surface area contributed by atoms with Crippen LogP contribution >= 0.6 is 11.6 Å². The fourth-order valence-electron chi connectivity index (χ4n) is 1.51. The van der Waals surface area contributed by atoms with Crippen LogP contribution in [0.15, 0.2) is 30.5 Å². The summed E-state index contributed by atoms with van der Waals surface area (Å²) in [4.78, 5) is 20.0. The van der Waals surface area contributed by atoms with Gasteiger partial charge in [0.15, 0.2) is 0 Å². The Labute approximate surface area is 111 Å². The van der Waals surface area contributed by atoms with E-state index < -0.39 is 9.85 Å². The van der Waals surface area contributed by atoms with Crippen molar-refractivity contribution >= 4 is 23.1 Å². The average molecular weight is 283 g/mol. The van der Waals surface area contributed by atoms with Gasteiger partial charge in [0.25, 0.3) is 5.69 Å². The van der Waals surface area contributed by atoms with Crippen LogP contribution in [0, 0.1) is 20.2 Å². The first-order chi connectivity index (χ1) is 8.97. The molecule has 9 heteroatoms. The second kappa shape index (κ2) is 5.02. The molecule has 0 saturated heterocycles. The zero-order valence-electron chi connectivity index (χ0n) is 9.39. The molecule has 0 N–H and O–H groups in total. The predicted molar refractivity (Wildman–Crippen MR) is 66.1 cm³/mol. The molecule has 0 radical (unpaired) electrons. The van der Waals surface area contributed by atoms with E-state index in [1.807, 2.05) is 0 Å². The van der Waals surface area contributed by atoms with Crippen LogP contribution in [0.25, 0.3) is 0 Å². The summed E-state index contributed by atoms with van der Waals surface area (Å²) in [5.41, 5.74) is 0.370. The van der Waals surface area contributed by atoms with Gasteiger partial charge in [0.2, 0.25) is 0 Å². The van der Waals surface area contributed by atoms with Crippen molar-refractivity contribution in [2.24, 2.45) is 0 Å². The highest BCUT2D eigenvalue weighted by atomic mass is 35.5. The Morgan fingerprint density at radius 1 is 1.21 bits per heavy atom. The topological polar surface area (TPSA) is 104 Å². The first kappa shape index (κ1) is 13.0. The maximum Gasteiger partial charge on any atom is 0.389 e. The van der Waals surface area contributed by atoms with E-state index in [0.717, 1.165) is 0 Å². The second-order valence-corrected chi connectivity index (χ2v) is 4.07. The zero-order chi connectivity index (χ0) is 14.0. The molecule has 19 heavy (non-hydrogen) atoms. The lowest BCUT2D eigenvalue weighted by Gasteiger charge is -2.01. The molecule has 0 bridgehead atoms. The zero-order valence-corrected chi connectivity index (χ0v) is 10.1. The van der Waals surface area contributed by atoms with Crippen LogP contribution in [-0.2, 0) is 6.54 Å². The summed E-state index contributed by atoms with van der Waals surface area (Å²) in [6.45, 7) is 0.119. The number of halogens is 1. The van der Waals surface area contributed by atoms with E-state index in [-0.39, 0.29) is 18.1 Å². The number of hydrogen-bond donors (Lipinski definition) is 0. The van der Waals surface area contributed by atoms with Gasteiger partial charge in [-0.1, -0.05) is 11.6 Å². The Bertz CT molecular complexity index is 655. The Morgan fingerprint density at radius 2 is 1.95 bits per heavy atom. The summed E-state index contributed by atoms with van der Waals surface area (Å²) in [6, 6.07) is 5.26. The van der Waals surface area contributed by atoms with Gasteiger partial charge in [-0.2, -0.15) is 4.68 Å². The van der Waals surface area contributed by atoms with Crippen molar-refractivity contribution in [2.75, 3.05) is 0 Å². The molecule has 2 rings (SSSR count). The number of nitro groups is 2. The van der Waals surface area contributed by atoms with Crippen LogP contribution in [0.1, 0.15) is 5.56 Å². The van der Waals surface area contributed by atoms with Gasteiger partial charge < -0.3 is 10.1 Å². The molecule has 0 amide bonds. The highest BCUT2D eigenvalue weighted by Gasteiger charge is 2.14. The molecule has 0 aliphatic heterocycles. The first-order valence-corrected chi connectivity index (χ1v) is 5.46. The smallest absolute Gasteiger partial charge is 0.358 e. The van der Waals surface area contributed by atoms with Gasteiger partial charge in [0, 0.05) is 22.7 Å². The van der Waals surface area contributed by atoms with Crippen molar-refractivity contribution in [3.8, 4) is 0 Å². The molecule has 0 aliphatic rings. The van der Waals surface area contributed by atoms with Crippen molar-refractivity contribution in [1.29, 1.82) is 0 Å². The van der Waals surface area contributed by atoms with Crippen molar-refractivity contribution in [3.63, 3.8) is 0 Å². The molecule has 0 atom stereocenters. The van der Waals surface area contributed by atoms with Crippen molar-refractivity contribution in [2.45, 2.75) is 6.54 Å². The molecule has 0 fully saturated rings. The normalized spacial score (nSPS) is 10.4. The van der Waals surface area contributed by atoms with Crippen LogP contribution in [0.5, 0.6) is 0 Å². The molecule has 1 aromatic heterocycles. The monoisotopic (exact) mass is 282 g/mol. The maximum absolute atomic E-state index is 10.7. The number of nitro benzene ring substituents is 1. The van der Waals surface area contributed by atoms with Gasteiger partial charge >= 0.3 is 5.82 Å². The fourth-order valence-corrected chi connectivity index (χ4v) is 1.68. The minimum atomic E-state index is -0.619. The molecular formula is C10H7ClN4O4. The van der Waals surface area contributed by atoms with Crippen molar-refractivity contribution in [1.82, 2.24) is 9.78 Å². The number of nitrogens with zero attached hydrogens (tertiary/aromatic N) is 4. The van der Waals surface area contributed by atoms with Gasteiger partial charge in [-0.3, -0.25) is 10.1 Å². The Hall–Kier alpha value is -2.48. The average Bonchev–Trinajstić information content (AvgIpc) is 2.80. The number of rotatable bonds is 4. The number of non-ortho nitro benzene ring substituents is 1. The molecule has 1 heterocycles. The van der Waals surface area contributed by atoms with E-state index in [1.165, 1.54) is 35.1 Å². The Morgan fingerprint density at radius 3 is 2.53 bits per heavy atom. The number of aromatic nitrogens is 2. The summed E-state index contributed by atoms with van der Waals surface area (Å²) in [5, 5.41) is 25.2. The highest BCUT2D eigenvalue weighted by molar-refractivity contribution is 6.31. The van der Waals surface area contributed by atoms with Gasteiger partial charge in [0.1, 0.15) is 0 Å². The molecule has 98 valence electrons. The largest absolute Gasteiger partial charge is 0.389 e. The summed E-state index contributed by atoms with van der Waals surface area (Å²) < 4.78 is 1.29. The minimum Gasteiger partial charge on any atom is -0.358 e. The lowest BCUT2D eigenvalue weighted by atomic mass is 10.2. The lowest BCUT2D eigenvalue weighted by Crippen LogP contribution is -2.02. The summed E-state index contributed by atoms with van der Waals surface area (Å²) >= 11 is 5.92. The molecule has 0 spiro atoms. The van der Waals surface area contributed by atoms with Crippen LogP contribution < -0.4 is 0 Å². The predicted octanol–water partition coefficient (Wildman–Crippen LogP) is 2.40. The van der Waals surface area contributed by atoms with E-state index in [0.29, 0.717) is 10.6 Å². The third-order valence-electron chi connectivity index (χ3n) is 2.39. The number of hydrogen-bond acceptors (Lipinski definition) is 5. The van der Waals surface area contributed by atoms with Crippen LogP contribution in [-0.4, -0.2) is 19.6 Å². The van der Waals surface area contributed by atoms with E-state index in [4.69, 9.17) is 11.6 Å². The lowest BCUT2D eigenvalue weighted by molar-refractivity contribution is -0.389. The van der Waals surface area contributed by atoms with Gasteiger partial charge in [-0.15, -0.1) is 0 Å². The second-order valence-electron chi connectivity index (χ2n) is 3.66. The molecular weight excluding hydrogens is 276 g/mol. The highest BCUT2D eigenvalue weighted by Crippen LogP contribution is 2.23. The van der Waals surface area contributed by atoms with E-state index in [2.05, 4.69) is 5.10 Å². The van der Waals surface area contributed by atoms with E-state index >= 15 is 0 Å². The van der Waals surface area contributed by atoms with Crippen LogP contribution in [0.3, 0.4) is 0 Å². The van der Waals surface area contributed by atoms with Crippen molar-refractivity contribution in [3.05, 3.63) is 61.3 Å². The maximum atomic E-state index is 10.7. The van der Waals surface area contributed by atoms with Gasteiger partial charge in [0.05, 0.1) is 28.8 Å². The SMILES string of the molecule is O=[N+]([O-])c1ccc(Cl)c(Cn2ccc([N+](=O)[O-])n2)c1. The van der Waals surface area contributed by atoms with Crippen molar-refractivity contribution < 1.29 is 9.85 Å². The summed E-state index contributed by atoms with van der Waals surface area (Å²) in [5.74, 6) is -0.290. The fraction of sp³-hybridized carbons (Fsp3) is 0.100. The van der Waals surface area contributed by atoms with E-state index in [1.54, 1.807) is 0 Å². The Kier molecular flexibility index (Phi) is 3.43. The van der Waals surface area contributed by atoms with Gasteiger partial charge in [-0.25, -0.2) is 0 Å². The molecule has 1 aromatic carbocycles. The molecule has 0 saturated carbocycles. The van der Waals surface area contributed by atoms with E-state index in [9.17, 15) is 20.2 Å². The summed E-state index contributed by atoms with van der Waals surface area (Å²) in [7, 11) is 0. The molecule has 0 aliphatic carbocycles. The standard InChI is InChI=1S/C10H7ClN4O4/c11-9-2-1-8(14(16)17)5-7(9)6-13-4-3-10(12-13)15(18)19/h1-5H,6H2. The summed E-state index contributed by atoms with van der Waals surface area (Å²) in [6.07, 6.45) is 1.41. The third-order valence-corrected chi connectivity index (χ3v) is 2.75. The number of benzene rings is 1. The minimum absolute atomic E-state index is 0.0962. The molecule has 0 unspecified atom stereocenters. The molecule has 8 nitrogen and oxygen atoms in total. The Balaban J connectivity index is 2.29. The van der Waals surface area contributed by atoms with Crippen LogP contribution in [0.2, 0.25) is 5.02 Å². The van der Waals surface area contributed by atoms with Gasteiger partial charge in [-0.05, 0) is 11.0 Å². The molecule has 2 aromatic rings. The first-order valence-electron chi connectivity index (χ1n) is 5.08. The van der Waals surface area contributed by atoms with Crippen LogP contribution in [0.4, 0.5) is 11.5 Å². The third kappa shape index (κ3) is 2.86.